The quantitative estimate of drug-likeness (QED) is 0.731. The number of aromatic nitrogens is 1. The molecule has 0 amide bonds. The number of rotatable bonds is 4. The van der Waals surface area contributed by atoms with Crippen molar-refractivity contribution in [2.45, 2.75) is 26.4 Å². The number of nitrogens with zero attached hydrogens (tertiary/aromatic N) is 2. The van der Waals surface area contributed by atoms with Crippen LogP contribution >= 0.6 is 11.3 Å². The molecule has 1 atom stereocenters. The molecule has 5 heteroatoms. The molecule has 0 aromatic carbocycles. The van der Waals surface area contributed by atoms with Crippen molar-refractivity contribution in [2.75, 3.05) is 14.2 Å². The summed E-state index contributed by atoms with van der Waals surface area (Å²) in [7, 11) is 3.29. The van der Waals surface area contributed by atoms with Crippen LogP contribution in [-0.2, 0) is 16.1 Å². The van der Waals surface area contributed by atoms with Gasteiger partial charge in [0.15, 0.2) is 0 Å². The summed E-state index contributed by atoms with van der Waals surface area (Å²) < 4.78 is 4.68. The molecule has 1 heterocycles. The molecule has 0 radical (unpaired) electrons. The van der Waals surface area contributed by atoms with Crippen LogP contribution in [-0.4, -0.2) is 36.1 Å². The third kappa shape index (κ3) is 3.28. The fourth-order valence-corrected chi connectivity index (χ4v) is 1.83. The number of carbonyl (C=O) groups excluding carboxylic acids is 1. The number of ether oxygens (including phenoxy) is 1. The maximum Gasteiger partial charge on any atom is 0.322 e. The van der Waals surface area contributed by atoms with E-state index in [-0.39, 0.29) is 12.0 Å². The monoisotopic (exact) mass is 228 g/mol. The van der Waals surface area contributed by atoms with Gasteiger partial charge in [-0.3, -0.25) is 9.69 Å². The Labute approximate surface area is 93.9 Å². The Kier molecular flexibility index (Phi) is 4.23. The summed E-state index contributed by atoms with van der Waals surface area (Å²) in [6.07, 6.45) is 0. The minimum atomic E-state index is -0.239. The van der Waals surface area contributed by atoms with E-state index in [0.717, 1.165) is 10.7 Å². The number of methoxy groups -OCH3 is 1. The van der Waals surface area contributed by atoms with Crippen LogP contribution in [0.25, 0.3) is 0 Å². The Morgan fingerprint density at radius 2 is 2.40 bits per heavy atom. The van der Waals surface area contributed by atoms with Crippen LogP contribution in [0.3, 0.4) is 0 Å². The summed E-state index contributed by atoms with van der Waals surface area (Å²) >= 11 is 1.62. The summed E-state index contributed by atoms with van der Waals surface area (Å²) in [5, 5.41) is 3.06. The lowest BCUT2D eigenvalue weighted by Crippen LogP contribution is -2.36. The average molecular weight is 228 g/mol. The van der Waals surface area contributed by atoms with E-state index in [2.05, 4.69) is 9.72 Å². The molecule has 4 nitrogen and oxygen atoms in total. The number of esters is 1. The molecule has 0 aliphatic heterocycles. The molecular weight excluding hydrogens is 212 g/mol. The number of carbonyl (C=O) groups is 1. The van der Waals surface area contributed by atoms with Gasteiger partial charge in [-0.2, -0.15) is 0 Å². The molecule has 0 saturated carbocycles. The van der Waals surface area contributed by atoms with Gasteiger partial charge < -0.3 is 4.74 Å². The standard InChI is InChI=1S/C10H16N2O2S/c1-7(10(13)14-4)12(3)5-9-6-15-8(2)11-9/h6-7H,5H2,1-4H3. The molecule has 84 valence electrons. The first-order valence-corrected chi connectivity index (χ1v) is 5.61. The van der Waals surface area contributed by atoms with Gasteiger partial charge in [-0.1, -0.05) is 0 Å². The minimum absolute atomic E-state index is 0.218. The van der Waals surface area contributed by atoms with Crippen LogP contribution in [0.15, 0.2) is 5.38 Å². The first-order chi connectivity index (χ1) is 7.04. The molecule has 0 spiro atoms. The molecule has 0 fully saturated rings. The van der Waals surface area contributed by atoms with E-state index in [9.17, 15) is 4.79 Å². The first kappa shape index (κ1) is 12.1. The molecule has 0 N–H and O–H groups in total. The third-order valence-electron chi connectivity index (χ3n) is 2.28. The van der Waals surface area contributed by atoms with E-state index < -0.39 is 0 Å². The Morgan fingerprint density at radius 3 is 2.87 bits per heavy atom. The Balaban J connectivity index is 2.55. The Hall–Kier alpha value is -0.940. The van der Waals surface area contributed by atoms with Gasteiger partial charge in [-0.05, 0) is 20.9 Å². The lowest BCUT2D eigenvalue weighted by Gasteiger charge is -2.21. The molecule has 0 saturated heterocycles. The van der Waals surface area contributed by atoms with Crippen LogP contribution in [0.1, 0.15) is 17.6 Å². The number of likely N-dealkylation sites (N-methyl/N-ethyl adjacent to an activating group) is 1. The fraction of sp³-hybridized carbons (Fsp3) is 0.600. The van der Waals surface area contributed by atoms with Crippen molar-refractivity contribution in [3.63, 3.8) is 0 Å². The molecule has 1 unspecified atom stereocenters. The van der Waals surface area contributed by atoms with Crippen molar-refractivity contribution >= 4 is 17.3 Å². The molecule has 0 aliphatic carbocycles. The van der Waals surface area contributed by atoms with E-state index in [0.29, 0.717) is 6.54 Å². The zero-order valence-corrected chi connectivity index (χ0v) is 10.3. The van der Waals surface area contributed by atoms with Gasteiger partial charge in [0.05, 0.1) is 17.8 Å². The van der Waals surface area contributed by atoms with Crippen molar-refractivity contribution in [1.82, 2.24) is 9.88 Å². The SMILES string of the molecule is COC(=O)C(C)N(C)Cc1csc(C)n1. The van der Waals surface area contributed by atoms with E-state index in [1.165, 1.54) is 7.11 Å². The second kappa shape index (κ2) is 5.23. The zero-order chi connectivity index (χ0) is 11.4. The van der Waals surface area contributed by atoms with Crippen LogP contribution in [0.4, 0.5) is 0 Å². The molecule has 0 bridgehead atoms. The smallest absolute Gasteiger partial charge is 0.322 e. The highest BCUT2D eigenvalue weighted by Gasteiger charge is 2.18. The predicted octanol–water partition coefficient (Wildman–Crippen LogP) is 1.44. The number of hydrogen-bond acceptors (Lipinski definition) is 5. The fourth-order valence-electron chi connectivity index (χ4n) is 1.22. The minimum Gasteiger partial charge on any atom is -0.468 e. The summed E-state index contributed by atoms with van der Waals surface area (Å²) in [5.74, 6) is -0.218. The lowest BCUT2D eigenvalue weighted by molar-refractivity contribution is -0.145. The van der Waals surface area contributed by atoms with Gasteiger partial charge >= 0.3 is 5.97 Å². The Bertz CT molecular complexity index is 338. The highest BCUT2D eigenvalue weighted by Crippen LogP contribution is 2.11. The molecular formula is C10H16N2O2S. The maximum absolute atomic E-state index is 11.3. The van der Waals surface area contributed by atoms with E-state index in [1.54, 1.807) is 11.3 Å². The van der Waals surface area contributed by atoms with Crippen molar-refractivity contribution in [3.8, 4) is 0 Å². The molecule has 15 heavy (non-hydrogen) atoms. The number of aryl methyl sites for hydroxylation is 1. The van der Waals surface area contributed by atoms with Gasteiger partial charge in [0.2, 0.25) is 0 Å². The predicted molar refractivity (Wildman–Crippen MR) is 59.8 cm³/mol. The topological polar surface area (TPSA) is 42.4 Å². The highest BCUT2D eigenvalue weighted by atomic mass is 32.1. The van der Waals surface area contributed by atoms with E-state index in [4.69, 9.17) is 0 Å². The molecule has 0 aliphatic rings. The van der Waals surface area contributed by atoms with Crippen LogP contribution in [0, 0.1) is 6.92 Å². The van der Waals surface area contributed by atoms with E-state index in [1.807, 2.05) is 31.2 Å². The van der Waals surface area contributed by atoms with Crippen LogP contribution < -0.4 is 0 Å². The Morgan fingerprint density at radius 1 is 1.73 bits per heavy atom. The highest BCUT2D eigenvalue weighted by molar-refractivity contribution is 7.09. The molecule has 1 aromatic rings. The van der Waals surface area contributed by atoms with Crippen LogP contribution in [0.2, 0.25) is 0 Å². The van der Waals surface area contributed by atoms with Crippen molar-refractivity contribution in [2.24, 2.45) is 0 Å². The third-order valence-corrected chi connectivity index (χ3v) is 3.10. The first-order valence-electron chi connectivity index (χ1n) is 4.73. The number of thiazole rings is 1. The van der Waals surface area contributed by atoms with Gasteiger partial charge in [-0.15, -0.1) is 11.3 Å². The van der Waals surface area contributed by atoms with Crippen LogP contribution in [0.5, 0.6) is 0 Å². The van der Waals surface area contributed by atoms with Crippen molar-refractivity contribution < 1.29 is 9.53 Å². The van der Waals surface area contributed by atoms with Gasteiger partial charge in [-0.25, -0.2) is 4.98 Å². The summed E-state index contributed by atoms with van der Waals surface area (Å²) in [4.78, 5) is 17.5. The molecule has 1 rings (SSSR count). The van der Waals surface area contributed by atoms with Gasteiger partial charge in [0.1, 0.15) is 6.04 Å². The van der Waals surface area contributed by atoms with Crippen molar-refractivity contribution in [1.29, 1.82) is 0 Å². The largest absolute Gasteiger partial charge is 0.468 e. The normalized spacial score (nSPS) is 12.9. The maximum atomic E-state index is 11.3. The summed E-state index contributed by atoms with van der Waals surface area (Å²) in [6, 6.07) is -0.239. The summed E-state index contributed by atoms with van der Waals surface area (Å²) in [5.41, 5.74) is 0.996. The number of hydrogen-bond donors (Lipinski definition) is 0. The lowest BCUT2D eigenvalue weighted by atomic mass is 10.3. The average Bonchev–Trinajstić information content (AvgIpc) is 2.61. The van der Waals surface area contributed by atoms with Gasteiger partial charge in [0.25, 0.3) is 0 Å². The molecule has 1 aromatic heterocycles. The van der Waals surface area contributed by atoms with Crippen molar-refractivity contribution in [3.05, 3.63) is 16.1 Å². The zero-order valence-electron chi connectivity index (χ0n) is 9.48. The second-order valence-corrected chi connectivity index (χ2v) is 4.53. The van der Waals surface area contributed by atoms with Gasteiger partial charge in [0, 0.05) is 11.9 Å². The summed E-state index contributed by atoms with van der Waals surface area (Å²) in [6.45, 7) is 4.46. The second-order valence-electron chi connectivity index (χ2n) is 3.47. The van der Waals surface area contributed by atoms with E-state index >= 15 is 0 Å².